The van der Waals surface area contributed by atoms with Crippen molar-refractivity contribution in [3.63, 3.8) is 0 Å². The van der Waals surface area contributed by atoms with E-state index < -0.39 is 0 Å². The van der Waals surface area contributed by atoms with Gasteiger partial charge in [-0.3, -0.25) is 4.79 Å². The molecule has 0 saturated carbocycles. The Hall–Kier alpha value is -3.18. The van der Waals surface area contributed by atoms with Gasteiger partial charge in [0.2, 0.25) is 5.91 Å². The third-order valence-electron chi connectivity index (χ3n) is 4.61. The molecule has 4 nitrogen and oxygen atoms in total. The number of nitrogens with zero attached hydrogens (tertiary/aromatic N) is 2. The number of amides is 1. The fourth-order valence-electron chi connectivity index (χ4n) is 3.17. The van der Waals surface area contributed by atoms with E-state index in [1.807, 2.05) is 92.7 Å². The van der Waals surface area contributed by atoms with Crippen LogP contribution in [0.25, 0.3) is 22.0 Å². The second-order valence-corrected chi connectivity index (χ2v) is 8.08. The summed E-state index contributed by atoms with van der Waals surface area (Å²) in [6.45, 7) is 3.77. The fraction of sp³-hybridized carbons (Fsp3) is 0.125. The zero-order chi connectivity index (χ0) is 20.2. The van der Waals surface area contributed by atoms with E-state index in [9.17, 15) is 4.79 Å². The van der Waals surface area contributed by atoms with Gasteiger partial charge < -0.3 is 5.32 Å². The van der Waals surface area contributed by atoms with Crippen LogP contribution in [-0.2, 0) is 4.79 Å². The predicted octanol–water partition coefficient (Wildman–Crippen LogP) is 5.72. The zero-order valence-electron chi connectivity index (χ0n) is 16.3. The number of rotatable bonds is 5. The molecule has 0 saturated heterocycles. The number of carbonyl (C=O) groups is 1. The lowest BCUT2D eigenvalue weighted by Gasteiger charge is -2.15. The Bertz CT molecular complexity index is 1160. The number of hydrogen-bond acceptors (Lipinski definition) is 4. The van der Waals surface area contributed by atoms with E-state index in [-0.39, 0.29) is 11.2 Å². The molecule has 1 amide bonds. The van der Waals surface area contributed by atoms with Gasteiger partial charge in [-0.1, -0.05) is 78.5 Å². The van der Waals surface area contributed by atoms with Gasteiger partial charge in [-0.15, -0.1) is 0 Å². The molecule has 0 aliphatic rings. The molecule has 0 bridgehead atoms. The van der Waals surface area contributed by atoms with E-state index in [1.165, 1.54) is 11.8 Å². The molecule has 144 valence electrons. The van der Waals surface area contributed by atoms with Crippen LogP contribution in [0.1, 0.15) is 12.7 Å². The fourth-order valence-corrected chi connectivity index (χ4v) is 4.15. The van der Waals surface area contributed by atoms with Gasteiger partial charge in [-0.05, 0) is 31.5 Å². The number of anilines is 1. The molecule has 29 heavy (non-hydrogen) atoms. The maximum Gasteiger partial charge on any atom is 0.237 e. The quantitative estimate of drug-likeness (QED) is 0.344. The van der Waals surface area contributed by atoms with Gasteiger partial charge in [0.15, 0.2) is 0 Å². The Morgan fingerprint density at radius 1 is 0.897 bits per heavy atom. The summed E-state index contributed by atoms with van der Waals surface area (Å²) in [5.41, 5.74) is 3.77. The molecule has 0 spiro atoms. The van der Waals surface area contributed by atoms with E-state index in [4.69, 9.17) is 0 Å². The first-order valence-corrected chi connectivity index (χ1v) is 10.3. The SMILES string of the molecule is Cc1nc(S[C@H](C)C(=O)Nc2ccccc2-c2ccccc2)c2ccccc2n1. The second kappa shape index (κ2) is 8.45. The first-order chi connectivity index (χ1) is 14.1. The molecule has 1 atom stereocenters. The maximum absolute atomic E-state index is 12.9. The number of aryl methyl sites for hydroxylation is 1. The minimum Gasteiger partial charge on any atom is -0.325 e. The molecule has 0 unspecified atom stereocenters. The number of carbonyl (C=O) groups excluding carboxylic acids is 1. The average molecular weight is 400 g/mol. The number of aromatic nitrogens is 2. The van der Waals surface area contributed by atoms with E-state index in [0.29, 0.717) is 5.82 Å². The first-order valence-electron chi connectivity index (χ1n) is 9.47. The van der Waals surface area contributed by atoms with Crippen molar-refractivity contribution in [2.24, 2.45) is 0 Å². The van der Waals surface area contributed by atoms with Crippen LogP contribution in [-0.4, -0.2) is 21.1 Å². The Morgan fingerprint density at radius 3 is 2.41 bits per heavy atom. The standard InChI is InChI=1S/C24H21N3OS/c1-16(29-24-20-13-7-9-15-22(20)25-17(2)26-24)23(28)27-21-14-8-6-12-19(21)18-10-4-3-5-11-18/h3-16H,1-2H3,(H,27,28)/t16-/m1/s1. The van der Waals surface area contributed by atoms with Crippen molar-refractivity contribution in [1.29, 1.82) is 0 Å². The molecule has 0 fully saturated rings. The van der Waals surface area contributed by atoms with Gasteiger partial charge >= 0.3 is 0 Å². The third kappa shape index (κ3) is 4.30. The zero-order valence-corrected chi connectivity index (χ0v) is 17.1. The van der Waals surface area contributed by atoms with Crippen molar-refractivity contribution in [3.8, 4) is 11.1 Å². The summed E-state index contributed by atoms with van der Waals surface area (Å²) >= 11 is 1.45. The lowest BCUT2D eigenvalue weighted by atomic mass is 10.0. The van der Waals surface area contributed by atoms with Crippen molar-refractivity contribution in [2.45, 2.75) is 24.1 Å². The number of nitrogens with one attached hydrogen (secondary N) is 1. The smallest absolute Gasteiger partial charge is 0.237 e. The summed E-state index contributed by atoms with van der Waals surface area (Å²) in [5, 5.41) is 4.57. The number of thioether (sulfide) groups is 1. The molecule has 4 aromatic rings. The van der Waals surface area contributed by atoms with Crippen LogP contribution in [0.4, 0.5) is 5.69 Å². The van der Waals surface area contributed by atoms with Gasteiger partial charge in [0.25, 0.3) is 0 Å². The van der Waals surface area contributed by atoms with Gasteiger partial charge in [0.05, 0.1) is 10.8 Å². The molecular weight excluding hydrogens is 378 g/mol. The van der Waals surface area contributed by atoms with Crippen molar-refractivity contribution >= 4 is 34.3 Å². The van der Waals surface area contributed by atoms with Gasteiger partial charge in [-0.25, -0.2) is 9.97 Å². The number of hydrogen-bond donors (Lipinski definition) is 1. The highest BCUT2D eigenvalue weighted by Crippen LogP contribution is 2.31. The van der Waals surface area contributed by atoms with E-state index in [0.717, 1.165) is 32.7 Å². The van der Waals surface area contributed by atoms with Gasteiger partial charge in [0.1, 0.15) is 10.9 Å². The predicted molar refractivity (Wildman–Crippen MR) is 120 cm³/mol. The monoisotopic (exact) mass is 399 g/mol. The van der Waals surface area contributed by atoms with Crippen LogP contribution < -0.4 is 5.32 Å². The molecule has 1 heterocycles. The molecule has 1 N–H and O–H groups in total. The molecule has 0 aliphatic heterocycles. The molecule has 4 rings (SSSR count). The summed E-state index contributed by atoms with van der Waals surface area (Å²) in [6, 6.07) is 25.8. The molecule has 1 aromatic heterocycles. The maximum atomic E-state index is 12.9. The molecule has 3 aromatic carbocycles. The summed E-state index contributed by atoms with van der Waals surface area (Å²) in [4.78, 5) is 22.0. The van der Waals surface area contributed by atoms with Gasteiger partial charge in [-0.2, -0.15) is 0 Å². The summed E-state index contributed by atoms with van der Waals surface area (Å²) in [5.74, 6) is 0.645. The summed E-state index contributed by atoms with van der Waals surface area (Å²) in [6.07, 6.45) is 0. The van der Waals surface area contributed by atoms with Crippen LogP contribution in [0.2, 0.25) is 0 Å². The van der Waals surface area contributed by atoms with Crippen LogP contribution in [0.5, 0.6) is 0 Å². The summed E-state index contributed by atoms with van der Waals surface area (Å²) < 4.78 is 0. The van der Waals surface area contributed by atoms with Crippen molar-refractivity contribution in [1.82, 2.24) is 9.97 Å². The highest BCUT2D eigenvalue weighted by molar-refractivity contribution is 8.00. The molecular formula is C24H21N3OS. The minimum absolute atomic E-state index is 0.0567. The third-order valence-corrected chi connectivity index (χ3v) is 5.71. The van der Waals surface area contributed by atoms with Crippen molar-refractivity contribution < 1.29 is 4.79 Å². The van der Waals surface area contributed by atoms with Crippen LogP contribution in [0.3, 0.4) is 0 Å². The lowest BCUT2D eigenvalue weighted by molar-refractivity contribution is -0.115. The van der Waals surface area contributed by atoms with Crippen LogP contribution >= 0.6 is 11.8 Å². The number of para-hydroxylation sites is 2. The van der Waals surface area contributed by atoms with Crippen molar-refractivity contribution in [2.75, 3.05) is 5.32 Å². The van der Waals surface area contributed by atoms with E-state index >= 15 is 0 Å². The number of fused-ring (bicyclic) bond motifs is 1. The average Bonchev–Trinajstić information content (AvgIpc) is 2.74. The highest BCUT2D eigenvalue weighted by atomic mass is 32.2. The topological polar surface area (TPSA) is 54.9 Å². The van der Waals surface area contributed by atoms with Crippen LogP contribution in [0.15, 0.2) is 83.9 Å². The Labute approximate surface area is 174 Å². The Kier molecular flexibility index (Phi) is 5.58. The largest absolute Gasteiger partial charge is 0.325 e. The second-order valence-electron chi connectivity index (χ2n) is 6.75. The van der Waals surface area contributed by atoms with Gasteiger partial charge in [0, 0.05) is 16.6 Å². The van der Waals surface area contributed by atoms with E-state index in [2.05, 4.69) is 15.3 Å². The minimum atomic E-state index is -0.309. The van der Waals surface area contributed by atoms with E-state index in [1.54, 1.807) is 0 Å². The first kappa shape index (κ1) is 19.2. The van der Waals surface area contributed by atoms with Crippen molar-refractivity contribution in [3.05, 3.63) is 84.7 Å². The lowest BCUT2D eigenvalue weighted by Crippen LogP contribution is -2.23. The molecule has 0 radical (unpaired) electrons. The normalized spacial score (nSPS) is 11.9. The Balaban J connectivity index is 1.56. The summed E-state index contributed by atoms with van der Waals surface area (Å²) in [7, 11) is 0. The molecule has 0 aliphatic carbocycles. The van der Waals surface area contributed by atoms with Crippen LogP contribution in [0, 0.1) is 6.92 Å². The highest BCUT2D eigenvalue weighted by Gasteiger charge is 2.19. The molecule has 5 heteroatoms. The number of benzene rings is 3. The Morgan fingerprint density at radius 2 is 1.59 bits per heavy atom.